The fourth-order valence-electron chi connectivity index (χ4n) is 2.57. The van der Waals surface area contributed by atoms with Gasteiger partial charge in [-0.25, -0.2) is 15.0 Å². The summed E-state index contributed by atoms with van der Waals surface area (Å²) in [6.07, 6.45) is 5.82. The van der Waals surface area contributed by atoms with Crippen molar-refractivity contribution in [1.29, 1.82) is 5.26 Å². The van der Waals surface area contributed by atoms with Crippen LogP contribution in [-0.2, 0) is 6.54 Å². The first-order valence-electron chi connectivity index (χ1n) is 9.07. The predicted molar refractivity (Wildman–Crippen MR) is 111 cm³/mol. The lowest BCUT2D eigenvalue weighted by atomic mass is 9.93. The molecule has 2 N–H and O–H groups in total. The molecule has 0 aromatic carbocycles. The quantitative estimate of drug-likeness (QED) is 0.566. The summed E-state index contributed by atoms with van der Waals surface area (Å²) in [6, 6.07) is 2.31. The van der Waals surface area contributed by atoms with Gasteiger partial charge in [-0.15, -0.1) is 0 Å². The number of nitriles is 1. The third-order valence-corrected chi connectivity index (χ3v) is 5.11. The van der Waals surface area contributed by atoms with Gasteiger partial charge >= 0.3 is 0 Å². The Kier molecular flexibility index (Phi) is 5.99. The number of nitrogens with zero attached hydrogens (tertiary/aromatic N) is 6. The third-order valence-electron chi connectivity index (χ3n) is 4.21. The van der Waals surface area contributed by atoms with Crippen molar-refractivity contribution in [3.63, 3.8) is 0 Å². The average molecular weight is 397 g/mol. The van der Waals surface area contributed by atoms with Crippen LogP contribution in [0.15, 0.2) is 35.0 Å². The van der Waals surface area contributed by atoms with Gasteiger partial charge < -0.3 is 10.6 Å². The number of thioether (sulfide) groups is 1. The number of aromatic nitrogens is 5. The van der Waals surface area contributed by atoms with E-state index in [1.807, 2.05) is 6.92 Å². The highest BCUT2D eigenvalue weighted by molar-refractivity contribution is 8.06. The van der Waals surface area contributed by atoms with E-state index in [9.17, 15) is 5.26 Å². The molecule has 2 aromatic rings. The maximum Gasteiger partial charge on any atom is 0.223 e. The van der Waals surface area contributed by atoms with Gasteiger partial charge in [0.05, 0.1) is 10.7 Å². The van der Waals surface area contributed by atoms with E-state index < -0.39 is 0 Å². The molecule has 2 aromatic heterocycles. The minimum atomic E-state index is -0.00710. The largest absolute Gasteiger partial charge is 0.354 e. The van der Waals surface area contributed by atoms with Crippen molar-refractivity contribution in [3.8, 4) is 6.07 Å². The maximum atomic E-state index is 9.78. The highest BCUT2D eigenvalue weighted by Crippen LogP contribution is 2.38. The lowest BCUT2D eigenvalue weighted by Crippen LogP contribution is -2.20. The zero-order valence-electron chi connectivity index (χ0n) is 16.5. The van der Waals surface area contributed by atoms with E-state index in [1.54, 1.807) is 17.2 Å². The van der Waals surface area contributed by atoms with Crippen LogP contribution >= 0.6 is 11.8 Å². The Hall–Kier alpha value is -2.86. The van der Waals surface area contributed by atoms with Crippen LogP contribution in [0, 0.1) is 23.7 Å². The molecule has 8 nitrogen and oxygen atoms in total. The Morgan fingerprint density at radius 1 is 1.39 bits per heavy atom. The summed E-state index contributed by atoms with van der Waals surface area (Å²) in [7, 11) is 0. The summed E-state index contributed by atoms with van der Waals surface area (Å²) in [5.74, 6) is 0.513. The van der Waals surface area contributed by atoms with Gasteiger partial charge in [0.25, 0.3) is 0 Å². The molecule has 9 heteroatoms. The highest BCUT2D eigenvalue weighted by atomic mass is 32.2. The number of anilines is 1. The smallest absolute Gasteiger partial charge is 0.223 e. The first-order chi connectivity index (χ1) is 13.4. The number of aryl methyl sites for hydroxylation is 2. The molecule has 0 atom stereocenters. The zero-order chi connectivity index (χ0) is 20.1. The van der Waals surface area contributed by atoms with E-state index in [0.717, 1.165) is 29.3 Å². The maximum absolute atomic E-state index is 9.78. The number of hydrogen-bond donors (Lipinski definition) is 2. The molecule has 1 aliphatic heterocycles. The highest BCUT2D eigenvalue weighted by Gasteiger charge is 2.25. The fraction of sp³-hybridized carbons (Fsp3) is 0.421. The number of allylic oxidation sites excluding steroid dienone is 2. The van der Waals surface area contributed by atoms with Crippen LogP contribution in [0.25, 0.3) is 5.57 Å². The number of nitrogens with one attached hydrogen (secondary N) is 2. The van der Waals surface area contributed by atoms with Gasteiger partial charge in [0.2, 0.25) is 5.95 Å². The molecule has 0 aliphatic carbocycles. The van der Waals surface area contributed by atoms with Gasteiger partial charge in [-0.2, -0.15) is 10.4 Å². The Balaban J connectivity index is 1.71. The molecule has 0 radical (unpaired) electrons. The molecule has 0 fully saturated rings. The number of rotatable bonds is 6. The lowest BCUT2D eigenvalue weighted by molar-refractivity contribution is 0.481. The molecule has 0 unspecified atom stereocenters. The van der Waals surface area contributed by atoms with Gasteiger partial charge in [0, 0.05) is 30.4 Å². The van der Waals surface area contributed by atoms with Crippen molar-refractivity contribution in [3.05, 3.63) is 46.2 Å². The van der Waals surface area contributed by atoms with Crippen LogP contribution < -0.4 is 10.6 Å². The van der Waals surface area contributed by atoms with Crippen LogP contribution in [0.2, 0.25) is 0 Å². The number of hydrogen-bond acceptors (Lipinski definition) is 8. The van der Waals surface area contributed by atoms with Gasteiger partial charge in [-0.1, -0.05) is 32.5 Å². The summed E-state index contributed by atoms with van der Waals surface area (Å²) < 4.78 is 1.78. The standard InChI is InChI=1S/C19H24N8S/c1-13-9-23-18(22-6-5-7-27-12-21-11-24-27)26-16(13)14(8-20)17-25-15(10-28-17)19(2,3)4/h9-12,25H,5-7H2,1-4H3,(H,22,23,26)/b17-14-. The second-order valence-corrected chi connectivity index (χ2v) is 8.38. The molecular formula is C19H24N8S. The van der Waals surface area contributed by atoms with Gasteiger partial charge in [0.15, 0.2) is 0 Å². The average Bonchev–Trinajstić information content (AvgIpc) is 3.33. The van der Waals surface area contributed by atoms with Crippen molar-refractivity contribution in [2.24, 2.45) is 5.41 Å². The third kappa shape index (κ3) is 4.70. The molecule has 0 saturated carbocycles. The van der Waals surface area contributed by atoms with E-state index >= 15 is 0 Å². The monoisotopic (exact) mass is 396 g/mol. The molecule has 28 heavy (non-hydrogen) atoms. The van der Waals surface area contributed by atoms with E-state index in [2.05, 4.69) is 62.9 Å². The van der Waals surface area contributed by atoms with Gasteiger partial charge in [-0.05, 0) is 24.3 Å². The van der Waals surface area contributed by atoms with Crippen molar-refractivity contribution in [2.75, 3.05) is 11.9 Å². The van der Waals surface area contributed by atoms with E-state index in [1.165, 1.54) is 18.1 Å². The molecule has 146 valence electrons. The van der Waals surface area contributed by atoms with Crippen molar-refractivity contribution in [2.45, 2.75) is 40.7 Å². The summed E-state index contributed by atoms with van der Waals surface area (Å²) in [5, 5.41) is 23.3. The van der Waals surface area contributed by atoms with Crippen LogP contribution in [0.4, 0.5) is 5.95 Å². The Morgan fingerprint density at radius 2 is 2.21 bits per heavy atom. The van der Waals surface area contributed by atoms with Crippen LogP contribution in [-0.4, -0.2) is 31.3 Å². The predicted octanol–water partition coefficient (Wildman–Crippen LogP) is 3.29. The van der Waals surface area contributed by atoms with Crippen LogP contribution in [0.5, 0.6) is 0 Å². The Morgan fingerprint density at radius 3 is 2.86 bits per heavy atom. The SMILES string of the molecule is Cc1cnc(NCCCn2cncn2)nc1/C(C#N)=C1/NC(C(C)(C)C)=CS1. The Labute approximate surface area is 169 Å². The summed E-state index contributed by atoms with van der Waals surface area (Å²) in [6.45, 7) is 9.79. The van der Waals surface area contributed by atoms with Gasteiger partial charge in [-0.3, -0.25) is 4.68 Å². The normalized spacial score (nSPS) is 15.6. The van der Waals surface area contributed by atoms with Crippen LogP contribution in [0.1, 0.15) is 38.4 Å². The molecule has 0 saturated heterocycles. The first-order valence-corrected chi connectivity index (χ1v) is 9.95. The molecule has 1 aliphatic rings. The first kappa shape index (κ1) is 19.9. The Bertz CT molecular complexity index is 932. The van der Waals surface area contributed by atoms with Crippen molar-refractivity contribution in [1.82, 2.24) is 30.0 Å². The minimum Gasteiger partial charge on any atom is -0.354 e. The molecular weight excluding hydrogens is 372 g/mol. The molecule has 0 amide bonds. The van der Waals surface area contributed by atoms with Gasteiger partial charge in [0.1, 0.15) is 24.3 Å². The van der Waals surface area contributed by atoms with E-state index in [4.69, 9.17) is 0 Å². The topological polar surface area (TPSA) is 104 Å². The summed E-state index contributed by atoms with van der Waals surface area (Å²) in [5.41, 5.74) is 3.13. The molecule has 3 rings (SSSR count). The fourth-order valence-corrected chi connectivity index (χ4v) is 3.64. The zero-order valence-corrected chi connectivity index (χ0v) is 17.3. The molecule has 0 bridgehead atoms. The van der Waals surface area contributed by atoms with E-state index in [0.29, 0.717) is 23.8 Å². The van der Waals surface area contributed by atoms with Crippen LogP contribution in [0.3, 0.4) is 0 Å². The van der Waals surface area contributed by atoms with Crippen molar-refractivity contribution >= 4 is 23.3 Å². The second-order valence-electron chi connectivity index (χ2n) is 7.50. The lowest BCUT2D eigenvalue weighted by Gasteiger charge is -2.20. The second kappa shape index (κ2) is 8.44. The van der Waals surface area contributed by atoms with E-state index in [-0.39, 0.29) is 5.41 Å². The summed E-state index contributed by atoms with van der Waals surface area (Å²) in [4.78, 5) is 12.9. The molecule has 0 spiro atoms. The summed E-state index contributed by atoms with van der Waals surface area (Å²) >= 11 is 1.53. The van der Waals surface area contributed by atoms with Crippen molar-refractivity contribution < 1.29 is 0 Å². The minimum absolute atomic E-state index is 0.00710. The molecule has 3 heterocycles.